The van der Waals surface area contributed by atoms with Crippen molar-refractivity contribution >= 4 is 87.0 Å². The van der Waals surface area contributed by atoms with E-state index < -0.39 is 17.9 Å². The summed E-state index contributed by atoms with van der Waals surface area (Å²) in [4.78, 5) is 25.9. The quantitative estimate of drug-likeness (QED) is 0.0716. The summed E-state index contributed by atoms with van der Waals surface area (Å²) in [5, 5.41) is 63.2. The molecule has 8 bridgehead atoms. The zero-order valence-corrected chi connectivity index (χ0v) is 32.5. The van der Waals surface area contributed by atoms with E-state index in [1.807, 2.05) is 0 Å². The van der Waals surface area contributed by atoms with Gasteiger partial charge in [0.2, 0.25) is 0 Å². The number of carbonyl (C=O) groups is 2. The topological polar surface area (TPSA) is 203 Å². The number of rotatable bonds is 0. The van der Waals surface area contributed by atoms with Crippen molar-refractivity contribution in [2.24, 2.45) is 10.3 Å². The van der Waals surface area contributed by atoms with Crippen LogP contribution >= 0.6 is 63.7 Å². The second-order valence-electron chi connectivity index (χ2n) is 11.2. The minimum atomic E-state index is -1.16. The summed E-state index contributed by atoms with van der Waals surface area (Å²) in [6.45, 7) is -0.0539. The van der Waals surface area contributed by atoms with Gasteiger partial charge in [-0.1, -0.05) is 22.4 Å². The van der Waals surface area contributed by atoms with Crippen LogP contribution in [0.1, 0.15) is 28.4 Å². The summed E-state index contributed by atoms with van der Waals surface area (Å²) < 4.78 is 13.5. The number of halogens is 4. The first-order valence-electron chi connectivity index (χ1n) is 15.0. The summed E-state index contributed by atoms with van der Waals surface area (Å²) in [5.74, 6) is -0.953. The predicted octanol–water partition coefficient (Wildman–Crippen LogP) is 7.00. The van der Waals surface area contributed by atoms with Crippen molar-refractivity contribution in [1.82, 2.24) is 10.6 Å². The van der Waals surface area contributed by atoms with Gasteiger partial charge in [-0.2, -0.15) is 0 Å². The van der Waals surface area contributed by atoms with E-state index in [1.165, 1.54) is 12.1 Å². The average Bonchev–Trinajstić information content (AvgIpc) is 3.10. The van der Waals surface area contributed by atoms with Gasteiger partial charge in [-0.3, -0.25) is 9.59 Å². The molecule has 0 spiro atoms. The fourth-order valence-corrected chi connectivity index (χ4v) is 6.94. The van der Waals surface area contributed by atoms with Crippen LogP contribution < -0.4 is 20.1 Å². The van der Waals surface area contributed by atoms with Gasteiger partial charge < -0.3 is 45.8 Å². The number of phenolic OH excluding ortho intramolecular Hbond substituents is 2. The number of oxime groups is 2. The standard InChI is InChI=1S/C34H28Br4N4O9/c35-20-7-16-1-3-27(20)50-30-13-18(9-23(38)32(30)45)11-25(42-49)34(47)40-15-26(43)19-2-4-28(21(36)14-19)51-29-12-17(8-22(37)31(29)44)5-6-39-33(46)24(10-16)41-48/h1-4,7-9,12-14,26,43-45,48-49H,5-6,10-11,15H2,(H,39,46)(H,40,47)/b41-24-,42-25-/t26-/m1/s1. The molecule has 0 unspecified atom stereocenters. The molecule has 4 aliphatic heterocycles. The van der Waals surface area contributed by atoms with Gasteiger partial charge in [0.05, 0.1) is 24.0 Å². The third-order valence-corrected chi connectivity index (χ3v) is 10.1. The SMILES string of the molecule is O=C1NCCc2cc(Br)c(O)c(c2)Oc2ccc(cc2Br)[C@H](O)CNC(=O)/C(=N\O)Cc2cc(Br)c(O)c(c2)Oc2ccc(cc2Br)C/C1=N/O. The summed E-state index contributed by atoms with van der Waals surface area (Å²) in [5.41, 5.74) is 1.77. The molecule has 13 nitrogen and oxygen atoms in total. The van der Waals surface area contributed by atoms with Crippen molar-refractivity contribution in [2.45, 2.75) is 25.4 Å². The highest BCUT2D eigenvalue weighted by Gasteiger charge is 2.21. The smallest absolute Gasteiger partial charge is 0.269 e. The van der Waals surface area contributed by atoms with Gasteiger partial charge in [0.15, 0.2) is 23.0 Å². The molecule has 0 radical (unpaired) electrons. The molecule has 266 valence electrons. The fraction of sp³-hybridized carbons (Fsp3) is 0.176. The normalized spacial score (nSPS) is 17.6. The number of aliphatic hydroxyl groups excluding tert-OH is 1. The first-order valence-corrected chi connectivity index (χ1v) is 18.2. The van der Waals surface area contributed by atoms with Crippen molar-refractivity contribution < 1.29 is 44.8 Å². The zero-order valence-electron chi connectivity index (χ0n) is 26.2. The molecule has 4 aliphatic rings. The minimum Gasteiger partial charge on any atom is -0.503 e. The van der Waals surface area contributed by atoms with Gasteiger partial charge >= 0.3 is 0 Å². The fourth-order valence-electron chi connectivity index (χ4n) is 4.98. The second kappa shape index (κ2) is 16.9. The Morgan fingerprint density at radius 1 is 0.627 bits per heavy atom. The Balaban J connectivity index is 1.47. The van der Waals surface area contributed by atoms with Crippen LogP contribution in [0.5, 0.6) is 34.5 Å². The largest absolute Gasteiger partial charge is 0.503 e. The number of hydrogen-bond donors (Lipinski definition) is 7. The van der Waals surface area contributed by atoms with Crippen molar-refractivity contribution in [3.05, 3.63) is 101 Å². The number of nitrogens with zero attached hydrogens (tertiary/aromatic N) is 2. The molecular formula is C34H28Br4N4O9. The number of carbonyl (C=O) groups excluding carboxylic acids is 2. The van der Waals surface area contributed by atoms with Crippen LogP contribution in [0, 0.1) is 0 Å². The molecule has 7 N–H and O–H groups in total. The number of phenols is 2. The monoisotopic (exact) mass is 952 g/mol. The van der Waals surface area contributed by atoms with Crippen molar-refractivity contribution in [1.29, 1.82) is 0 Å². The molecule has 0 aliphatic carbocycles. The molecule has 4 aromatic carbocycles. The Morgan fingerprint density at radius 3 is 1.73 bits per heavy atom. The molecule has 0 saturated carbocycles. The lowest BCUT2D eigenvalue weighted by atomic mass is 10.1. The molecule has 0 aromatic heterocycles. The number of ether oxygens (including phenoxy) is 2. The lowest BCUT2D eigenvalue weighted by Gasteiger charge is -2.16. The third kappa shape index (κ3) is 9.39. The van der Waals surface area contributed by atoms with E-state index in [0.717, 1.165) is 0 Å². The summed E-state index contributed by atoms with van der Waals surface area (Å²) in [7, 11) is 0. The number of aromatic hydroxyl groups is 2. The van der Waals surface area contributed by atoms with Crippen LogP contribution in [0.4, 0.5) is 0 Å². The third-order valence-electron chi connectivity index (χ3n) is 7.62. The van der Waals surface area contributed by atoms with Gasteiger partial charge in [-0.05, 0) is 141 Å². The van der Waals surface area contributed by atoms with Gasteiger partial charge in [0.1, 0.15) is 22.9 Å². The Labute approximate surface area is 324 Å². The van der Waals surface area contributed by atoms with Crippen LogP contribution in [0.25, 0.3) is 0 Å². The summed E-state index contributed by atoms with van der Waals surface area (Å²) in [6.07, 6.45) is -1.01. The Hall–Kier alpha value is -4.16. The molecule has 4 aromatic rings. The maximum absolute atomic E-state index is 13.0. The van der Waals surface area contributed by atoms with Crippen LogP contribution in [0.3, 0.4) is 0 Å². The van der Waals surface area contributed by atoms with Crippen LogP contribution in [0.2, 0.25) is 0 Å². The highest BCUT2D eigenvalue weighted by Crippen LogP contribution is 2.42. The molecule has 0 saturated heterocycles. The van der Waals surface area contributed by atoms with E-state index in [2.05, 4.69) is 84.7 Å². The van der Waals surface area contributed by atoms with Crippen molar-refractivity contribution in [3.8, 4) is 34.5 Å². The molecule has 51 heavy (non-hydrogen) atoms. The first-order chi connectivity index (χ1) is 24.4. The van der Waals surface area contributed by atoms with E-state index in [1.54, 1.807) is 48.5 Å². The number of benzene rings is 4. The molecule has 17 heteroatoms. The number of aliphatic hydroxyl groups is 1. The number of hydrogen-bond acceptors (Lipinski definition) is 11. The Kier molecular flexibility index (Phi) is 12.6. The van der Waals surface area contributed by atoms with Crippen LogP contribution in [-0.4, -0.2) is 62.1 Å². The number of nitrogens with one attached hydrogen (secondary N) is 2. The second-order valence-corrected chi connectivity index (χ2v) is 14.6. The van der Waals surface area contributed by atoms with E-state index in [-0.39, 0.29) is 64.8 Å². The zero-order chi connectivity index (χ0) is 36.8. The van der Waals surface area contributed by atoms with E-state index in [9.17, 15) is 35.3 Å². The maximum atomic E-state index is 13.0. The highest BCUT2D eigenvalue weighted by molar-refractivity contribution is 9.11. The van der Waals surface area contributed by atoms with Gasteiger partial charge in [0.25, 0.3) is 11.8 Å². The maximum Gasteiger partial charge on any atom is 0.269 e. The minimum absolute atomic E-state index is 0.0216. The molecular weight excluding hydrogens is 928 g/mol. The lowest BCUT2D eigenvalue weighted by Crippen LogP contribution is -2.35. The van der Waals surface area contributed by atoms with E-state index in [4.69, 9.17) is 9.47 Å². The number of amides is 2. The molecule has 0 fully saturated rings. The summed E-state index contributed by atoms with van der Waals surface area (Å²) >= 11 is 13.5. The lowest BCUT2D eigenvalue weighted by molar-refractivity contribution is -0.116. The van der Waals surface area contributed by atoms with E-state index >= 15 is 0 Å². The molecule has 8 rings (SSSR count). The Morgan fingerprint density at radius 2 is 1.14 bits per heavy atom. The molecule has 1 atom stereocenters. The van der Waals surface area contributed by atoms with Gasteiger partial charge in [0, 0.05) is 25.9 Å². The predicted molar refractivity (Wildman–Crippen MR) is 201 cm³/mol. The van der Waals surface area contributed by atoms with Gasteiger partial charge in [-0.15, -0.1) is 0 Å². The van der Waals surface area contributed by atoms with Gasteiger partial charge in [-0.25, -0.2) is 0 Å². The molecule has 2 amide bonds. The van der Waals surface area contributed by atoms with Crippen molar-refractivity contribution in [2.75, 3.05) is 13.1 Å². The average molecular weight is 956 g/mol. The molecule has 4 heterocycles. The first kappa shape index (κ1) is 38.1. The van der Waals surface area contributed by atoms with Crippen LogP contribution in [-0.2, 0) is 28.9 Å². The van der Waals surface area contributed by atoms with E-state index in [0.29, 0.717) is 53.6 Å². The summed E-state index contributed by atoms with van der Waals surface area (Å²) in [6, 6.07) is 16.0. The van der Waals surface area contributed by atoms with Crippen LogP contribution in [0.15, 0.2) is 88.9 Å². The van der Waals surface area contributed by atoms with Crippen molar-refractivity contribution in [3.63, 3.8) is 0 Å². The Bertz CT molecular complexity index is 2060. The highest BCUT2D eigenvalue weighted by atomic mass is 79.9.